The van der Waals surface area contributed by atoms with Gasteiger partial charge in [-0.25, -0.2) is 0 Å². The molecule has 0 saturated carbocycles. The Bertz CT molecular complexity index is 2550. The molecule has 3 heterocycles. The van der Waals surface area contributed by atoms with E-state index in [9.17, 15) is 9.90 Å². The van der Waals surface area contributed by atoms with Gasteiger partial charge in [-0.05, 0) is 54.2 Å². The molecular formula is C62H70O14. The third kappa shape index (κ3) is 14.9. The minimum atomic E-state index is -1.44. The molecule has 0 aliphatic carbocycles. The molecule has 0 aromatic heterocycles. The molecule has 14 heteroatoms. The van der Waals surface area contributed by atoms with E-state index in [4.69, 9.17) is 56.8 Å². The Labute approximate surface area is 446 Å². The van der Waals surface area contributed by atoms with Crippen LogP contribution < -0.4 is 0 Å². The van der Waals surface area contributed by atoms with Crippen LogP contribution in [0.1, 0.15) is 61.1 Å². The number of carbonyl (C=O) groups is 1. The largest absolute Gasteiger partial charge is 0.454 e. The molecule has 3 fully saturated rings. The molecule has 9 rings (SSSR count). The third-order valence-electron chi connectivity index (χ3n) is 13.8. The fourth-order valence-electron chi connectivity index (χ4n) is 9.93. The summed E-state index contributed by atoms with van der Waals surface area (Å²) >= 11 is 0. The summed E-state index contributed by atoms with van der Waals surface area (Å²) in [7, 11) is 0. The number of hydrogen-bond donors (Lipinski definition) is 1. The molecule has 3 aliphatic heterocycles. The average Bonchev–Trinajstić information content (AvgIpc) is 3.45. The van der Waals surface area contributed by atoms with Crippen LogP contribution >= 0.6 is 0 Å². The molecule has 15 atom stereocenters. The number of rotatable bonds is 23. The number of aliphatic hydroxyl groups excluding tert-OH is 1. The monoisotopic (exact) mass is 1040 g/mol. The average molecular weight is 1040 g/mol. The number of ether oxygens (including phenoxy) is 12. The minimum absolute atomic E-state index is 0.118. The molecule has 0 spiro atoms. The molecular weight excluding hydrogens is 969 g/mol. The fourth-order valence-corrected chi connectivity index (χ4v) is 9.93. The van der Waals surface area contributed by atoms with Gasteiger partial charge in [-0.3, -0.25) is 4.79 Å². The summed E-state index contributed by atoms with van der Waals surface area (Å²) in [5.74, 6) is -0.630. The molecule has 1 N–H and O–H groups in total. The lowest BCUT2D eigenvalue weighted by Gasteiger charge is -2.51. The van der Waals surface area contributed by atoms with Crippen molar-refractivity contribution in [3.05, 3.63) is 215 Å². The minimum Gasteiger partial charge on any atom is -0.454 e. The third-order valence-corrected chi connectivity index (χ3v) is 13.8. The van der Waals surface area contributed by atoms with Gasteiger partial charge in [0.25, 0.3) is 0 Å². The first-order chi connectivity index (χ1) is 37.2. The highest BCUT2D eigenvalue weighted by atomic mass is 16.8. The maximum Gasteiger partial charge on any atom is 0.303 e. The molecule has 14 nitrogen and oxygen atoms in total. The molecule has 402 valence electrons. The summed E-state index contributed by atoms with van der Waals surface area (Å²) in [5.41, 5.74) is 5.53. The predicted octanol–water partition coefficient (Wildman–Crippen LogP) is 9.43. The Morgan fingerprint density at radius 2 is 0.618 bits per heavy atom. The maximum atomic E-state index is 13.6. The topological polar surface area (TPSA) is 148 Å². The van der Waals surface area contributed by atoms with Crippen molar-refractivity contribution in [1.82, 2.24) is 0 Å². The second-order valence-electron chi connectivity index (χ2n) is 19.5. The molecule has 3 aliphatic rings. The summed E-state index contributed by atoms with van der Waals surface area (Å²) in [6.07, 6.45) is -14.6. The van der Waals surface area contributed by atoms with Gasteiger partial charge in [-0.1, -0.05) is 182 Å². The molecule has 76 heavy (non-hydrogen) atoms. The van der Waals surface area contributed by atoms with E-state index >= 15 is 0 Å². The van der Waals surface area contributed by atoms with Crippen molar-refractivity contribution in [2.45, 2.75) is 159 Å². The van der Waals surface area contributed by atoms with E-state index in [0.717, 1.165) is 33.4 Å². The number of carbonyl (C=O) groups excluding carboxylic acids is 1. The van der Waals surface area contributed by atoms with Crippen LogP contribution in [0.15, 0.2) is 182 Å². The molecule has 0 unspecified atom stereocenters. The normalized spacial score (nSPS) is 29.6. The predicted molar refractivity (Wildman–Crippen MR) is 281 cm³/mol. The van der Waals surface area contributed by atoms with Crippen LogP contribution in [-0.4, -0.2) is 103 Å². The standard InChI is InChI=1S/C62H70O14/c1-41-52(66-36-46-25-13-6-14-26-46)55(57(60(64)71-41)69-39-49-31-19-9-20-32-49)75-62-59(74-44(4)63)56(53(43(3)73-62)67-37-47-27-15-7-16-28-47)76-61-58(70-40-50-33-21-10-22-34-50)54(68-38-48-29-17-8-18-30-48)51(42(2)72-61)65-35-45-23-11-5-12-24-45/h5-34,41-43,51-62,64H,35-40H2,1-4H3/t41-,42-,43-,51-,52-,53-,54+,55+,56+,57+,58+,59+,60+,61-,62-/m0/s1. The van der Waals surface area contributed by atoms with Crippen LogP contribution in [0.2, 0.25) is 0 Å². The van der Waals surface area contributed by atoms with Crippen molar-refractivity contribution in [3.8, 4) is 0 Å². The first-order valence-corrected chi connectivity index (χ1v) is 26.2. The summed E-state index contributed by atoms with van der Waals surface area (Å²) in [6.45, 7) is 8.08. The highest BCUT2D eigenvalue weighted by molar-refractivity contribution is 5.66. The van der Waals surface area contributed by atoms with Gasteiger partial charge >= 0.3 is 5.97 Å². The van der Waals surface area contributed by atoms with Crippen LogP contribution in [0.4, 0.5) is 0 Å². The lowest BCUT2D eigenvalue weighted by molar-refractivity contribution is -0.385. The van der Waals surface area contributed by atoms with Gasteiger partial charge in [0.05, 0.1) is 58.0 Å². The number of esters is 1. The van der Waals surface area contributed by atoms with Crippen LogP contribution in [0.3, 0.4) is 0 Å². The number of hydrogen-bond acceptors (Lipinski definition) is 14. The van der Waals surface area contributed by atoms with Gasteiger partial charge in [0.1, 0.15) is 48.8 Å². The SMILES string of the molecule is CC(=O)O[C@H]1[C@H](O[C@@H]2[C@@H](OCc3ccccc3)[C@H](C)O[C@@H](O)[C@@H]2OCc2ccccc2)O[C@@H](C)[C@H](OCc2ccccc2)[C@H]1O[C@@H]1O[C@@H](C)[C@H](OCc2ccccc2)[C@@H](OCc2ccccc2)[C@H]1OCc1ccccc1. The molecule has 6 aromatic carbocycles. The van der Waals surface area contributed by atoms with Gasteiger partial charge in [-0.15, -0.1) is 0 Å². The summed E-state index contributed by atoms with van der Waals surface area (Å²) < 4.78 is 81.3. The zero-order valence-corrected chi connectivity index (χ0v) is 43.5. The zero-order valence-electron chi connectivity index (χ0n) is 43.5. The molecule has 0 radical (unpaired) electrons. The summed E-state index contributed by atoms with van der Waals surface area (Å²) in [4.78, 5) is 13.6. The smallest absolute Gasteiger partial charge is 0.303 e. The van der Waals surface area contributed by atoms with E-state index in [1.807, 2.05) is 196 Å². The Morgan fingerprint density at radius 1 is 0.355 bits per heavy atom. The summed E-state index contributed by atoms with van der Waals surface area (Å²) in [5, 5.41) is 11.7. The van der Waals surface area contributed by atoms with Crippen molar-refractivity contribution < 1.29 is 66.7 Å². The Hall–Kier alpha value is -5.69. The van der Waals surface area contributed by atoms with Crippen LogP contribution in [-0.2, 0) is 101 Å². The van der Waals surface area contributed by atoms with E-state index in [2.05, 4.69) is 0 Å². The molecule has 6 aromatic rings. The van der Waals surface area contributed by atoms with Gasteiger partial charge < -0.3 is 61.9 Å². The van der Waals surface area contributed by atoms with Gasteiger partial charge in [0.2, 0.25) is 0 Å². The Balaban J connectivity index is 1.08. The van der Waals surface area contributed by atoms with Crippen molar-refractivity contribution in [2.75, 3.05) is 0 Å². The molecule has 0 amide bonds. The number of aliphatic hydroxyl groups is 1. The number of benzene rings is 6. The van der Waals surface area contributed by atoms with Crippen LogP contribution in [0.25, 0.3) is 0 Å². The van der Waals surface area contributed by atoms with Crippen molar-refractivity contribution in [1.29, 1.82) is 0 Å². The second-order valence-corrected chi connectivity index (χ2v) is 19.5. The highest BCUT2D eigenvalue weighted by Crippen LogP contribution is 2.38. The first kappa shape index (κ1) is 55.1. The maximum absolute atomic E-state index is 13.6. The van der Waals surface area contributed by atoms with E-state index < -0.39 is 98.1 Å². The van der Waals surface area contributed by atoms with Gasteiger partial charge in [0.15, 0.2) is 25.0 Å². The van der Waals surface area contributed by atoms with E-state index in [0.29, 0.717) is 0 Å². The van der Waals surface area contributed by atoms with E-state index in [1.165, 1.54) is 6.92 Å². The lowest BCUT2D eigenvalue weighted by Crippen LogP contribution is -2.67. The molecule has 3 saturated heterocycles. The van der Waals surface area contributed by atoms with Gasteiger partial charge in [-0.2, -0.15) is 0 Å². The lowest BCUT2D eigenvalue weighted by atomic mass is 9.95. The van der Waals surface area contributed by atoms with Crippen LogP contribution in [0.5, 0.6) is 0 Å². The molecule has 0 bridgehead atoms. The fraction of sp³-hybridized carbons (Fsp3) is 0.403. The van der Waals surface area contributed by atoms with Crippen molar-refractivity contribution in [3.63, 3.8) is 0 Å². The van der Waals surface area contributed by atoms with Gasteiger partial charge in [0, 0.05) is 6.92 Å². The van der Waals surface area contributed by atoms with E-state index in [-0.39, 0.29) is 39.6 Å². The highest BCUT2D eigenvalue weighted by Gasteiger charge is 2.56. The summed E-state index contributed by atoms with van der Waals surface area (Å²) in [6, 6.07) is 58.7. The van der Waals surface area contributed by atoms with Crippen molar-refractivity contribution >= 4 is 5.97 Å². The Kier molecular flexibility index (Phi) is 20.0. The zero-order chi connectivity index (χ0) is 52.6. The Morgan fingerprint density at radius 3 is 0.961 bits per heavy atom. The van der Waals surface area contributed by atoms with E-state index in [1.54, 1.807) is 6.92 Å². The first-order valence-electron chi connectivity index (χ1n) is 26.2. The van der Waals surface area contributed by atoms with Crippen LogP contribution in [0, 0.1) is 0 Å². The van der Waals surface area contributed by atoms with Crippen molar-refractivity contribution in [2.24, 2.45) is 0 Å². The quantitative estimate of drug-likeness (QED) is 0.0608. The second kappa shape index (κ2) is 27.6.